The van der Waals surface area contributed by atoms with Crippen LogP contribution in [-0.2, 0) is 4.79 Å². The molecule has 2 N–H and O–H groups in total. The number of rotatable bonds is 5. The number of hydrogen-bond donors (Lipinski definition) is 2. The lowest BCUT2D eigenvalue weighted by Crippen LogP contribution is -2.11. The fraction of sp³-hybridized carbons (Fsp3) is 0.333. The predicted molar refractivity (Wildman–Crippen MR) is 65.7 cm³/mol. The number of aliphatic hydroxyl groups excluding tert-OH is 1. The van der Waals surface area contributed by atoms with E-state index in [4.69, 9.17) is 22.0 Å². The normalized spacial score (nSPS) is 9.71. The summed E-state index contributed by atoms with van der Waals surface area (Å²) in [5.74, 6) is -0.148. The van der Waals surface area contributed by atoms with Crippen molar-refractivity contribution in [2.24, 2.45) is 0 Å². The summed E-state index contributed by atoms with van der Waals surface area (Å²) >= 11 is 5.91. The summed E-state index contributed by atoms with van der Waals surface area (Å²) in [7, 11) is 0. The first-order valence-electron chi connectivity index (χ1n) is 5.27. The van der Waals surface area contributed by atoms with Gasteiger partial charge in [-0.3, -0.25) is 4.79 Å². The third-order valence-electron chi connectivity index (χ3n) is 2.18. The molecule has 0 fully saturated rings. The van der Waals surface area contributed by atoms with Crippen molar-refractivity contribution in [1.29, 1.82) is 5.26 Å². The lowest BCUT2D eigenvalue weighted by molar-refractivity contribution is -0.116. The number of halogens is 1. The molecule has 0 saturated carbocycles. The van der Waals surface area contributed by atoms with Crippen LogP contribution in [0.15, 0.2) is 18.2 Å². The van der Waals surface area contributed by atoms with Crippen LogP contribution < -0.4 is 5.32 Å². The van der Waals surface area contributed by atoms with Crippen molar-refractivity contribution in [2.75, 3.05) is 11.9 Å². The summed E-state index contributed by atoms with van der Waals surface area (Å²) in [6, 6.07) is 6.66. The van der Waals surface area contributed by atoms with Gasteiger partial charge in [0.25, 0.3) is 0 Å². The van der Waals surface area contributed by atoms with Gasteiger partial charge in [-0.1, -0.05) is 11.6 Å². The Morgan fingerprint density at radius 1 is 1.47 bits per heavy atom. The van der Waals surface area contributed by atoms with Gasteiger partial charge in [0.1, 0.15) is 0 Å². The van der Waals surface area contributed by atoms with Gasteiger partial charge in [0, 0.05) is 13.0 Å². The lowest BCUT2D eigenvalue weighted by atomic mass is 10.2. The highest BCUT2D eigenvalue weighted by atomic mass is 35.5. The molecule has 0 unspecified atom stereocenters. The second-order valence-electron chi connectivity index (χ2n) is 3.54. The van der Waals surface area contributed by atoms with Gasteiger partial charge in [-0.25, -0.2) is 0 Å². The second kappa shape index (κ2) is 6.89. The summed E-state index contributed by atoms with van der Waals surface area (Å²) in [5, 5.41) is 20.3. The molecule has 0 aliphatic heterocycles. The number of carbonyl (C=O) groups excluding carboxylic acids is 1. The average Bonchev–Trinajstić information content (AvgIpc) is 2.32. The number of anilines is 1. The van der Waals surface area contributed by atoms with Crippen LogP contribution in [0.4, 0.5) is 5.69 Å². The first-order valence-corrected chi connectivity index (χ1v) is 5.65. The van der Waals surface area contributed by atoms with E-state index >= 15 is 0 Å². The van der Waals surface area contributed by atoms with Gasteiger partial charge in [-0.2, -0.15) is 5.26 Å². The molecule has 90 valence electrons. The van der Waals surface area contributed by atoms with Crippen LogP contribution in [0, 0.1) is 11.3 Å². The molecule has 0 aromatic heterocycles. The zero-order valence-electron chi connectivity index (χ0n) is 9.24. The maximum absolute atomic E-state index is 11.5. The number of unbranched alkanes of at least 4 members (excludes halogenated alkanes) is 1. The standard InChI is InChI=1S/C12H13ClN2O2/c13-10-7-9(8-14)4-5-11(10)15-12(17)3-1-2-6-16/h4-5,7,16H,1-3,6H2,(H,15,17). The van der Waals surface area contributed by atoms with E-state index in [9.17, 15) is 4.79 Å². The van der Waals surface area contributed by atoms with E-state index in [1.165, 1.54) is 6.07 Å². The van der Waals surface area contributed by atoms with Crippen LogP contribution in [0.25, 0.3) is 0 Å². The van der Waals surface area contributed by atoms with E-state index in [1.54, 1.807) is 12.1 Å². The van der Waals surface area contributed by atoms with E-state index in [2.05, 4.69) is 5.32 Å². The van der Waals surface area contributed by atoms with Crippen LogP contribution in [0.1, 0.15) is 24.8 Å². The number of nitrogens with zero attached hydrogens (tertiary/aromatic N) is 1. The molecule has 5 heteroatoms. The van der Waals surface area contributed by atoms with Crippen LogP contribution in [0.5, 0.6) is 0 Å². The molecular formula is C12H13ClN2O2. The third kappa shape index (κ3) is 4.43. The largest absolute Gasteiger partial charge is 0.396 e. The zero-order chi connectivity index (χ0) is 12.7. The molecule has 0 radical (unpaired) electrons. The molecule has 0 bridgehead atoms. The van der Waals surface area contributed by atoms with E-state index < -0.39 is 0 Å². The molecule has 1 amide bonds. The lowest BCUT2D eigenvalue weighted by Gasteiger charge is -2.06. The molecule has 0 aliphatic rings. The molecule has 1 aromatic carbocycles. The summed E-state index contributed by atoms with van der Waals surface area (Å²) in [4.78, 5) is 11.5. The smallest absolute Gasteiger partial charge is 0.224 e. The Morgan fingerprint density at radius 3 is 2.82 bits per heavy atom. The van der Waals surface area contributed by atoms with Gasteiger partial charge in [0.15, 0.2) is 0 Å². The highest BCUT2D eigenvalue weighted by molar-refractivity contribution is 6.33. The van der Waals surface area contributed by atoms with Crippen molar-refractivity contribution in [3.05, 3.63) is 28.8 Å². The van der Waals surface area contributed by atoms with Crippen LogP contribution in [-0.4, -0.2) is 17.6 Å². The molecule has 17 heavy (non-hydrogen) atoms. The van der Waals surface area contributed by atoms with Crippen molar-refractivity contribution < 1.29 is 9.90 Å². The van der Waals surface area contributed by atoms with Crippen molar-refractivity contribution in [3.8, 4) is 6.07 Å². The topological polar surface area (TPSA) is 73.1 Å². The first kappa shape index (κ1) is 13.5. The third-order valence-corrected chi connectivity index (χ3v) is 2.50. The van der Waals surface area contributed by atoms with Crippen molar-refractivity contribution in [1.82, 2.24) is 0 Å². The maximum atomic E-state index is 11.5. The maximum Gasteiger partial charge on any atom is 0.224 e. The highest BCUT2D eigenvalue weighted by Gasteiger charge is 2.06. The Bertz CT molecular complexity index is 441. The number of nitrogens with one attached hydrogen (secondary N) is 1. The summed E-state index contributed by atoms with van der Waals surface area (Å²) in [6.45, 7) is 0.0882. The minimum Gasteiger partial charge on any atom is -0.396 e. The number of aliphatic hydroxyl groups is 1. The summed E-state index contributed by atoms with van der Waals surface area (Å²) in [5.41, 5.74) is 0.952. The molecule has 0 atom stereocenters. The zero-order valence-corrected chi connectivity index (χ0v) is 10.00. The number of carbonyl (C=O) groups is 1. The fourth-order valence-electron chi connectivity index (χ4n) is 1.30. The Kier molecular flexibility index (Phi) is 5.47. The van der Waals surface area contributed by atoms with Gasteiger partial charge in [0.2, 0.25) is 5.91 Å². The Hall–Kier alpha value is -1.57. The Labute approximate surface area is 105 Å². The quantitative estimate of drug-likeness (QED) is 0.790. The van der Waals surface area contributed by atoms with Gasteiger partial charge in [-0.05, 0) is 31.0 Å². The minimum absolute atomic E-state index is 0.0882. The van der Waals surface area contributed by atoms with Crippen molar-refractivity contribution in [2.45, 2.75) is 19.3 Å². The van der Waals surface area contributed by atoms with Crippen LogP contribution >= 0.6 is 11.6 Å². The number of hydrogen-bond acceptors (Lipinski definition) is 3. The molecule has 1 aromatic rings. The monoisotopic (exact) mass is 252 g/mol. The van der Waals surface area contributed by atoms with Gasteiger partial charge in [-0.15, -0.1) is 0 Å². The van der Waals surface area contributed by atoms with Crippen LogP contribution in [0.3, 0.4) is 0 Å². The summed E-state index contributed by atoms with van der Waals surface area (Å²) < 4.78 is 0. The Balaban J connectivity index is 2.57. The molecule has 0 spiro atoms. The van der Waals surface area contributed by atoms with E-state index in [0.717, 1.165) is 0 Å². The van der Waals surface area contributed by atoms with Crippen molar-refractivity contribution in [3.63, 3.8) is 0 Å². The van der Waals surface area contributed by atoms with Gasteiger partial charge in [0.05, 0.1) is 22.3 Å². The fourth-order valence-corrected chi connectivity index (χ4v) is 1.52. The highest BCUT2D eigenvalue weighted by Crippen LogP contribution is 2.22. The molecule has 1 rings (SSSR count). The first-order chi connectivity index (χ1) is 8.17. The molecule has 0 heterocycles. The van der Waals surface area contributed by atoms with E-state index in [-0.39, 0.29) is 12.5 Å². The summed E-state index contributed by atoms with van der Waals surface area (Å²) in [6.07, 6.45) is 1.58. The average molecular weight is 253 g/mol. The number of amides is 1. The van der Waals surface area contributed by atoms with Crippen molar-refractivity contribution >= 4 is 23.2 Å². The molecule has 0 aliphatic carbocycles. The molecular weight excluding hydrogens is 240 g/mol. The predicted octanol–water partition coefficient (Wildman–Crippen LogP) is 2.31. The molecule has 0 saturated heterocycles. The van der Waals surface area contributed by atoms with Gasteiger partial charge >= 0.3 is 0 Å². The van der Waals surface area contributed by atoms with E-state index in [0.29, 0.717) is 35.5 Å². The number of nitriles is 1. The minimum atomic E-state index is -0.148. The van der Waals surface area contributed by atoms with Crippen LogP contribution in [0.2, 0.25) is 5.02 Å². The second-order valence-corrected chi connectivity index (χ2v) is 3.94. The SMILES string of the molecule is N#Cc1ccc(NC(=O)CCCCO)c(Cl)c1. The number of benzene rings is 1. The Morgan fingerprint density at radius 2 is 2.24 bits per heavy atom. The molecule has 4 nitrogen and oxygen atoms in total. The van der Waals surface area contributed by atoms with Gasteiger partial charge < -0.3 is 10.4 Å². The van der Waals surface area contributed by atoms with E-state index in [1.807, 2.05) is 6.07 Å².